The molecule has 1 aromatic carbocycles. The van der Waals surface area contributed by atoms with Crippen molar-refractivity contribution in [1.82, 2.24) is 24.6 Å². The second-order valence-electron chi connectivity index (χ2n) is 6.97. The van der Waals surface area contributed by atoms with Crippen molar-refractivity contribution in [1.29, 1.82) is 0 Å². The monoisotopic (exact) mass is 439 g/mol. The summed E-state index contributed by atoms with van der Waals surface area (Å²) < 4.78 is 7.55. The fraction of sp³-hybridized carbons (Fsp3) is 0.391. The molecule has 0 saturated heterocycles. The van der Waals surface area contributed by atoms with E-state index < -0.39 is 0 Å². The molecule has 0 N–H and O–H groups in total. The number of rotatable bonds is 11. The van der Waals surface area contributed by atoms with Crippen LogP contribution in [0.15, 0.2) is 53.9 Å². The third-order valence-corrected chi connectivity index (χ3v) is 5.56. The van der Waals surface area contributed by atoms with E-state index in [0.717, 1.165) is 42.9 Å². The number of aromatic nitrogens is 4. The topological polar surface area (TPSA) is 73.1 Å². The van der Waals surface area contributed by atoms with Crippen LogP contribution in [-0.2, 0) is 4.79 Å². The van der Waals surface area contributed by atoms with E-state index in [1.165, 1.54) is 11.8 Å². The van der Waals surface area contributed by atoms with Gasteiger partial charge in [0.15, 0.2) is 11.0 Å². The predicted octanol–water partition coefficient (Wildman–Crippen LogP) is 4.47. The molecule has 0 aliphatic carbocycles. The highest BCUT2D eigenvalue weighted by Crippen LogP contribution is 2.29. The van der Waals surface area contributed by atoms with Crippen molar-refractivity contribution in [2.45, 2.75) is 38.8 Å². The highest BCUT2D eigenvalue weighted by Gasteiger charge is 2.19. The fourth-order valence-corrected chi connectivity index (χ4v) is 4.12. The van der Waals surface area contributed by atoms with Gasteiger partial charge in [0.05, 0.1) is 12.4 Å². The summed E-state index contributed by atoms with van der Waals surface area (Å²) >= 11 is 1.41. The molecular formula is C23H29N5O2S. The van der Waals surface area contributed by atoms with Gasteiger partial charge in [0.25, 0.3) is 0 Å². The van der Waals surface area contributed by atoms with Gasteiger partial charge in [-0.05, 0) is 56.2 Å². The van der Waals surface area contributed by atoms with Crippen LogP contribution in [0, 0.1) is 0 Å². The smallest absolute Gasteiger partial charge is 0.233 e. The molecule has 8 heteroatoms. The molecule has 31 heavy (non-hydrogen) atoms. The van der Waals surface area contributed by atoms with Crippen LogP contribution < -0.4 is 4.74 Å². The van der Waals surface area contributed by atoms with E-state index in [1.54, 1.807) is 12.4 Å². The van der Waals surface area contributed by atoms with Crippen LogP contribution in [-0.4, -0.2) is 56.0 Å². The van der Waals surface area contributed by atoms with Crippen LogP contribution in [0.5, 0.6) is 5.75 Å². The molecule has 0 saturated carbocycles. The standard InChI is InChI=1S/C23H29N5O2S/c1-4-15-27(16-5-2)21(29)17-31-23-26-25-22(18-11-13-24-14-12-18)28(23)19-7-9-20(10-8-19)30-6-3/h7-14H,4-6,15-17H2,1-3H3. The number of hydrogen-bond donors (Lipinski definition) is 0. The molecule has 2 aromatic heterocycles. The SMILES string of the molecule is CCCN(CCC)C(=O)CSc1nnc(-c2ccncc2)n1-c1ccc(OCC)cc1. The molecule has 0 unspecified atom stereocenters. The first kappa shape index (κ1) is 22.8. The number of carbonyl (C=O) groups is 1. The Labute approximate surface area is 187 Å². The zero-order valence-electron chi connectivity index (χ0n) is 18.3. The first-order valence-corrected chi connectivity index (χ1v) is 11.7. The van der Waals surface area contributed by atoms with Crippen molar-refractivity contribution >= 4 is 17.7 Å². The van der Waals surface area contributed by atoms with E-state index in [2.05, 4.69) is 29.0 Å². The number of pyridine rings is 1. The number of thioether (sulfide) groups is 1. The van der Waals surface area contributed by atoms with E-state index >= 15 is 0 Å². The van der Waals surface area contributed by atoms with Gasteiger partial charge >= 0.3 is 0 Å². The highest BCUT2D eigenvalue weighted by molar-refractivity contribution is 7.99. The van der Waals surface area contributed by atoms with Gasteiger partial charge in [0.2, 0.25) is 5.91 Å². The van der Waals surface area contributed by atoms with Gasteiger partial charge in [-0.2, -0.15) is 0 Å². The molecule has 1 amide bonds. The molecule has 164 valence electrons. The summed E-state index contributed by atoms with van der Waals surface area (Å²) in [5.74, 6) is 1.97. The number of hydrogen-bond acceptors (Lipinski definition) is 6. The molecule has 0 aliphatic rings. The molecule has 0 radical (unpaired) electrons. The maximum Gasteiger partial charge on any atom is 0.233 e. The molecule has 7 nitrogen and oxygen atoms in total. The Morgan fingerprint density at radius 1 is 1.00 bits per heavy atom. The average molecular weight is 440 g/mol. The summed E-state index contributed by atoms with van der Waals surface area (Å²) in [6, 6.07) is 11.6. The number of ether oxygens (including phenoxy) is 1. The Morgan fingerprint density at radius 2 is 1.68 bits per heavy atom. The lowest BCUT2D eigenvalue weighted by molar-refractivity contribution is -0.128. The molecule has 3 aromatic rings. The van der Waals surface area contributed by atoms with Crippen molar-refractivity contribution in [3.05, 3.63) is 48.8 Å². The fourth-order valence-electron chi connectivity index (χ4n) is 3.26. The van der Waals surface area contributed by atoms with Crippen molar-refractivity contribution in [2.75, 3.05) is 25.4 Å². The number of nitrogens with zero attached hydrogens (tertiary/aromatic N) is 5. The highest BCUT2D eigenvalue weighted by atomic mass is 32.2. The molecule has 0 spiro atoms. The summed E-state index contributed by atoms with van der Waals surface area (Å²) in [7, 11) is 0. The van der Waals surface area contributed by atoms with Gasteiger partial charge in [-0.25, -0.2) is 0 Å². The number of amides is 1. The lowest BCUT2D eigenvalue weighted by atomic mass is 10.2. The minimum Gasteiger partial charge on any atom is -0.494 e. The van der Waals surface area contributed by atoms with Crippen LogP contribution in [0.25, 0.3) is 17.1 Å². The summed E-state index contributed by atoms with van der Waals surface area (Å²) in [6.45, 7) is 8.31. The Bertz CT molecular complexity index is 954. The third kappa shape index (κ3) is 5.85. The van der Waals surface area contributed by atoms with E-state index in [1.807, 2.05) is 52.8 Å². The van der Waals surface area contributed by atoms with Gasteiger partial charge < -0.3 is 9.64 Å². The summed E-state index contributed by atoms with van der Waals surface area (Å²) in [4.78, 5) is 18.8. The maximum absolute atomic E-state index is 12.8. The Balaban J connectivity index is 1.90. The van der Waals surface area contributed by atoms with Gasteiger partial charge in [-0.3, -0.25) is 14.3 Å². The normalized spacial score (nSPS) is 10.8. The third-order valence-electron chi connectivity index (χ3n) is 4.64. The minimum atomic E-state index is 0.125. The Kier molecular flexibility index (Phi) is 8.46. The number of carbonyl (C=O) groups excluding carboxylic acids is 1. The Morgan fingerprint density at radius 3 is 2.29 bits per heavy atom. The van der Waals surface area contributed by atoms with E-state index in [9.17, 15) is 4.79 Å². The molecular weight excluding hydrogens is 410 g/mol. The molecule has 0 fully saturated rings. The minimum absolute atomic E-state index is 0.125. The van der Waals surface area contributed by atoms with Crippen molar-refractivity contribution in [2.24, 2.45) is 0 Å². The van der Waals surface area contributed by atoms with E-state index in [0.29, 0.717) is 23.3 Å². The zero-order valence-corrected chi connectivity index (χ0v) is 19.1. The zero-order chi connectivity index (χ0) is 22.1. The van der Waals surface area contributed by atoms with Crippen LogP contribution in [0.3, 0.4) is 0 Å². The molecule has 0 atom stereocenters. The summed E-state index contributed by atoms with van der Waals surface area (Å²) in [5.41, 5.74) is 1.82. The Hall–Kier alpha value is -2.87. The van der Waals surface area contributed by atoms with Crippen molar-refractivity contribution < 1.29 is 9.53 Å². The quantitative estimate of drug-likeness (QED) is 0.411. The summed E-state index contributed by atoms with van der Waals surface area (Å²) in [6.07, 6.45) is 5.36. The van der Waals surface area contributed by atoms with Crippen LogP contribution >= 0.6 is 11.8 Å². The lowest BCUT2D eigenvalue weighted by Crippen LogP contribution is -2.33. The van der Waals surface area contributed by atoms with Crippen LogP contribution in [0.2, 0.25) is 0 Å². The number of benzene rings is 1. The predicted molar refractivity (Wildman–Crippen MR) is 124 cm³/mol. The van der Waals surface area contributed by atoms with Gasteiger partial charge in [-0.1, -0.05) is 25.6 Å². The first-order valence-electron chi connectivity index (χ1n) is 10.7. The van der Waals surface area contributed by atoms with Crippen LogP contribution in [0.4, 0.5) is 0 Å². The van der Waals surface area contributed by atoms with Crippen molar-refractivity contribution in [3.8, 4) is 22.8 Å². The largest absolute Gasteiger partial charge is 0.494 e. The first-order chi connectivity index (χ1) is 15.2. The van der Waals surface area contributed by atoms with Gasteiger partial charge in [0, 0.05) is 36.7 Å². The van der Waals surface area contributed by atoms with Gasteiger partial charge in [-0.15, -0.1) is 10.2 Å². The van der Waals surface area contributed by atoms with Crippen LogP contribution in [0.1, 0.15) is 33.6 Å². The lowest BCUT2D eigenvalue weighted by Gasteiger charge is -2.21. The second-order valence-corrected chi connectivity index (χ2v) is 7.92. The molecule has 0 bridgehead atoms. The second kappa shape index (κ2) is 11.5. The molecule has 3 rings (SSSR count). The average Bonchev–Trinajstić information content (AvgIpc) is 3.22. The molecule has 0 aliphatic heterocycles. The summed E-state index contributed by atoms with van der Waals surface area (Å²) in [5, 5.41) is 9.51. The molecule has 2 heterocycles. The van der Waals surface area contributed by atoms with Gasteiger partial charge in [0.1, 0.15) is 5.75 Å². The van der Waals surface area contributed by atoms with Crippen molar-refractivity contribution in [3.63, 3.8) is 0 Å². The van der Waals surface area contributed by atoms with E-state index in [4.69, 9.17) is 4.74 Å². The maximum atomic E-state index is 12.8. The van der Waals surface area contributed by atoms with E-state index in [-0.39, 0.29) is 5.91 Å².